The molecule has 1 N–H and O–H groups in total. The molecule has 1 fully saturated rings. The molecule has 0 bridgehead atoms. The van der Waals surface area contributed by atoms with E-state index in [0.717, 1.165) is 30.5 Å². The topological polar surface area (TPSA) is 74.7 Å². The van der Waals surface area contributed by atoms with Crippen molar-refractivity contribution in [2.75, 3.05) is 6.54 Å². The third-order valence-corrected chi connectivity index (χ3v) is 6.49. The summed E-state index contributed by atoms with van der Waals surface area (Å²) in [6, 6.07) is 11.5. The third kappa shape index (κ3) is 3.94. The van der Waals surface area contributed by atoms with Crippen LogP contribution in [-0.2, 0) is 21.2 Å². The van der Waals surface area contributed by atoms with Gasteiger partial charge in [-0.15, -0.1) is 0 Å². The number of carbonyl (C=O) groups is 1. The lowest BCUT2D eigenvalue weighted by atomic mass is 9.95. The SMILES string of the molecule is O=C(O)Cc1cccc(C2CCCCN2S(=O)(=O)c2ccc(F)cc2)c1. The van der Waals surface area contributed by atoms with Gasteiger partial charge in [-0.05, 0) is 48.2 Å². The number of nitrogens with zero attached hydrogens (tertiary/aromatic N) is 1. The Balaban J connectivity index is 1.95. The van der Waals surface area contributed by atoms with E-state index in [4.69, 9.17) is 5.11 Å². The molecular formula is C19H20FNO4S. The summed E-state index contributed by atoms with van der Waals surface area (Å²) in [4.78, 5) is 11.0. The van der Waals surface area contributed by atoms with Crippen molar-refractivity contribution in [3.8, 4) is 0 Å². The quantitative estimate of drug-likeness (QED) is 0.867. The molecule has 1 unspecified atom stereocenters. The Morgan fingerprint density at radius 1 is 1.15 bits per heavy atom. The van der Waals surface area contributed by atoms with Gasteiger partial charge in [-0.1, -0.05) is 30.7 Å². The lowest BCUT2D eigenvalue weighted by molar-refractivity contribution is -0.136. The van der Waals surface area contributed by atoms with Crippen molar-refractivity contribution in [1.82, 2.24) is 4.31 Å². The van der Waals surface area contributed by atoms with Crippen molar-refractivity contribution < 1.29 is 22.7 Å². The van der Waals surface area contributed by atoms with Crippen molar-refractivity contribution in [1.29, 1.82) is 0 Å². The van der Waals surface area contributed by atoms with Crippen LogP contribution in [0.15, 0.2) is 53.4 Å². The largest absolute Gasteiger partial charge is 0.481 e. The molecule has 138 valence electrons. The minimum Gasteiger partial charge on any atom is -0.481 e. The van der Waals surface area contributed by atoms with Crippen molar-refractivity contribution in [3.63, 3.8) is 0 Å². The van der Waals surface area contributed by atoms with Crippen LogP contribution in [0, 0.1) is 5.82 Å². The number of piperidine rings is 1. The van der Waals surface area contributed by atoms with Gasteiger partial charge in [0.2, 0.25) is 10.0 Å². The van der Waals surface area contributed by atoms with Gasteiger partial charge >= 0.3 is 5.97 Å². The number of aliphatic carboxylic acids is 1. The second-order valence-electron chi connectivity index (χ2n) is 6.40. The molecule has 0 aromatic heterocycles. The molecule has 1 atom stereocenters. The van der Waals surface area contributed by atoms with Gasteiger partial charge in [0.25, 0.3) is 0 Å². The summed E-state index contributed by atoms with van der Waals surface area (Å²) < 4.78 is 40.7. The molecule has 26 heavy (non-hydrogen) atoms. The lowest BCUT2D eigenvalue weighted by Gasteiger charge is -2.35. The first-order chi connectivity index (χ1) is 12.4. The number of benzene rings is 2. The van der Waals surface area contributed by atoms with Gasteiger partial charge in [-0.2, -0.15) is 4.31 Å². The Morgan fingerprint density at radius 3 is 2.58 bits per heavy atom. The fraction of sp³-hybridized carbons (Fsp3) is 0.316. The molecule has 7 heteroatoms. The van der Waals surface area contributed by atoms with Crippen molar-refractivity contribution in [3.05, 3.63) is 65.5 Å². The number of hydrogen-bond acceptors (Lipinski definition) is 3. The van der Waals surface area contributed by atoms with Gasteiger partial charge in [0.15, 0.2) is 0 Å². The van der Waals surface area contributed by atoms with Gasteiger partial charge < -0.3 is 5.11 Å². The fourth-order valence-corrected chi connectivity index (χ4v) is 5.04. The van der Waals surface area contributed by atoms with Crippen LogP contribution < -0.4 is 0 Å². The first kappa shape index (κ1) is 18.5. The molecule has 2 aromatic carbocycles. The van der Waals surface area contributed by atoms with Crippen LogP contribution in [0.3, 0.4) is 0 Å². The fourth-order valence-electron chi connectivity index (χ4n) is 3.35. The minimum absolute atomic E-state index is 0.0625. The number of hydrogen-bond donors (Lipinski definition) is 1. The van der Waals surface area contributed by atoms with E-state index >= 15 is 0 Å². The molecule has 1 aliphatic rings. The van der Waals surface area contributed by atoms with Crippen LogP contribution in [0.1, 0.15) is 36.4 Å². The lowest BCUT2D eigenvalue weighted by Crippen LogP contribution is -2.38. The van der Waals surface area contributed by atoms with Crippen LogP contribution in [0.4, 0.5) is 4.39 Å². The molecule has 1 saturated heterocycles. The smallest absolute Gasteiger partial charge is 0.307 e. The second kappa shape index (κ2) is 7.55. The zero-order chi connectivity index (χ0) is 18.7. The molecule has 0 spiro atoms. The molecule has 0 saturated carbocycles. The Kier molecular flexibility index (Phi) is 5.38. The van der Waals surface area contributed by atoms with Gasteiger partial charge in [0.05, 0.1) is 17.4 Å². The highest BCUT2D eigenvalue weighted by atomic mass is 32.2. The van der Waals surface area contributed by atoms with Crippen molar-refractivity contribution in [2.24, 2.45) is 0 Å². The summed E-state index contributed by atoms with van der Waals surface area (Å²) in [5.74, 6) is -1.41. The number of halogens is 1. The van der Waals surface area contributed by atoms with Gasteiger partial charge in [-0.25, -0.2) is 12.8 Å². The van der Waals surface area contributed by atoms with Crippen LogP contribution in [0.2, 0.25) is 0 Å². The van der Waals surface area contributed by atoms with E-state index in [0.29, 0.717) is 18.5 Å². The monoisotopic (exact) mass is 377 g/mol. The molecule has 1 heterocycles. The summed E-state index contributed by atoms with van der Waals surface area (Å²) in [5, 5.41) is 8.98. The molecule has 0 aliphatic carbocycles. The average Bonchev–Trinajstić information content (AvgIpc) is 2.62. The minimum atomic E-state index is -3.76. The van der Waals surface area contributed by atoms with Gasteiger partial charge in [0.1, 0.15) is 5.82 Å². The first-order valence-electron chi connectivity index (χ1n) is 8.46. The van der Waals surface area contributed by atoms with E-state index < -0.39 is 21.8 Å². The zero-order valence-electron chi connectivity index (χ0n) is 14.1. The highest BCUT2D eigenvalue weighted by Crippen LogP contribution is 2.35. The van der Waals surface area contributed by atoms with Crippen molar-refractivity contribution in [2.45, 2.75) is 36.6 Å². The van der Waals surface area contributed by atoms with E-state index in [2.05, 4.69) is 0 Å². The number of carboxylic acids is 1. The maximum absolute atomic E-state index is 13.2. The summed E-state index contributed by atoms with van der Waals surface area (Å²) in [6.45, 7) is 0.382. The molecule has 0 amide bonds. The molecule has 0 radical (unpaired) electrons. The maximum Gasteiger partial charge on any atom is 0.307 e. The van der Waals surface area contributed by atoms with Gasteiger partial charge in [-0.3, -0.25) is 4.79 Å². The predicted molar refractivity (Wildman–Crippen MR) is 94.7 cm³/mol. The Labute approximate surface area is 152 Å². The van der Waals surface area contributed by atoms with Crippen LogP contribution in [-0.4, -0.2) is 30.3 Å². The number of rotatable bonds is 5. The number of carboxylic acid groups (broad SMARTS) is 1. The summed E-state index contributed by atoms with van der Waals surface area (Å²) in [6.07, 6.45) is 2.21. The summed E-state index contributed by atoms with van der Waals surface area (Å²) >= 11 is 0. The predicted octanol–water partition coefficient (Wildman–Crippen LogP) is 3.37. The van der Waals surface area contributed by atoms with Gasteiger partial charge in [0, 0.05) is 6.54 Å². The maximum atomic E-state index is 13.2. The van der Waals surface area contributed by atoms with Crippen LogP contribution in [0.25, 0.3) is 0 Å². The normalized spacial score (nSPS) is 18.6. The average molecular weight is 377 g/mol. The second-order valence-corrected chi connectivity index (χ2v) is 8.29. The molecular weight excluding hydrogens is 357 g/mol. The molecule has 2 aromatic rings. The third-order valence-electron chi connectivity index (χ3n) is 4.57. The summed E-state index contributed by atoms with van der Waals surface area (Å²) in [7, 11) is -3.76. The molecule has 5 nitrogen and oxygen atoms in total. The van der Waals surface area contributed by atoms with E-state index in [9.17, 15) is 17.6 Å². The number of sulfonamides is 1. The standard InChI is InChI=1S/C19H20FNO4S/c20-16-7-9-17(10-8-16)26(24,25)21-11-2-1-6-18(21)15-5-3-4-14(12-15)13-19(22)23/h3-5,7-10,12,18H,1-2,6,11,13H2,(H,22,23). The van der Waals surface area contributed by atoms with E-state index in [-0.39, 0.29) is 17.4 Å². The highest BCUT2D eigenvalue weighted by molar-refractivity contribution is 7.89. The Morgan fingerprint density at radius 2 is 1.88 bits per heavy atom. The van der Waals surface area contributed by atoms with E-state index in [1.807, 2.05) is 6.07 Å². The van der Waals surface area contributed by atoms with Crippen LogP contribution >= 0.6 is 0 Å². The highest BCUT2D eigenvalue weighted by Gasteiger charge is 2.34. The van der Waals surface area contributed by atoms with Crippen molar-refractivity contribution >= 4 is 16.0 Å². The zero-order valence-corrected chi connectivity index (χ0v) is 15.0. The molecule has 1 aliphatic heterocycles. The first-order valence-corrected chi connectivity index (χ1v) is 9.90. The Hall–Kier alpha value is -2.25. The molecule has 3 rings (SSSR count). The van der Waals surface area contributed by atoms with Crippen LogP contribution in [0.5, 0.6) is 0 Å². The summed E-state index contributed by atoms with van der Waals surface area (Å²) in [5.41, 5.74) is 1.42. The van der Waals surface area contributed by atoms with E-state index in [1.54, 1.807) is 18.2 Å². The Bertz CT molecular complexity index is 896. The van der Waals surface area contributed by atoms with E-state index in [1.165, 1.54) is 16.4 Å².